The quantitative estimate of drug-likeness (QED) is 0.739. The van der Waals surface area contributed by atoms with Crippen molar-refractivity contribution >= 4 is 17.9 Å². The summed E-state index contributed by atoms with van der Waals surface area (Å²) in [5.41, 5.74) is 1.14. The molecule has 0 atom stereocenters. The molecule has 1 aromatic rings. The Bertz CT molecular complexity index is 642. The monoisotopic (exact) mass is 389 g/mol. The lowest BCUT2D eigenvalue weighted by Gasteiger charge is -2.37. The number of rotatable bonds is 8. The summed E-state index contributed by atoms with van der Waals surface area (Å²) >= 11 is 0. The molecule has 1 heterocycles. The van der Waals surface area contributed by atoms with Gasteiger partial charge in [0.05, 0.1) is 6.61 Å². The number of benzene rings is 1. The second kappa shape index (κ2) is 11.3. The van der Waals surface area contributed by atoms with Crippen LogP contribution in [0.4, 0.5) is 4.79 Å². The zero-order valence-corrected chi connectivity index (χ0v) is 16.9. The topological polar surface area (TPSA) is 79.0 Å². The highest BCUT2D eigenvalue weighted by molar-refractivity contribution is 5.76. The highest BCUT2D eigenvalue weighted by atomic mass is 16.6. The summed E-state index contributed by atoms with van der Waals surface area (Å²) in [4.78, 5) is 39.4. The molecule has 28 heavy (non-hydrogen) atoms. The summed E-state index contributed by atoms with van der Waals surface area (Å²) in [5, 5.41) is 2.90. The standard InChI is InChI=1S/C21H31N3O4/c1-3-28-21(27)23-14-11-19(12-15-23)24(17(2)25)16-13-22-20(26)10-9-18-7-5-4-6-8-18/h4-8,19H,3,9-16H2,1-2H3,(H,22,26). The summed E-state index contributed by atoms with van der Waals surface area (Å²) in [5.74, 6) is -0.0161. The highest BCUT2D eigenvalue weighted by Crippen LogP contribution is 2.17. The third kappa shape index (κ3) is 6.87. The van der Waals surface area contributed by atoms with E-state index < -0.39 is 0 Å². The summed E-state index contributed by atoms with van der Waals surface area (Å²) in [7, 11) is 0. The van der Waals surface area contributed by atoms with Gasteiger partial charge in [-0.25, -0.2) is 4.79 Å². The number of aryl methyl sites for hydroxylation is 1. The number of carbonyl (C=O) groups excluding carboxylic acids is 3. The molecule has 0 bridgehead atoms. The number of hydrogen-bond acceptors (Lipinski definition) is 4. The Balaban J connectivity index is 1.72. The van der Waals surface area contributed by atoms with Crippen LogP contribution >= 0.6 is 0 Å². The fraction of sp³-hybridized carbons (Fsp3) is 0.571. The molecule has 1 fully saturated rings. The van der Waals surface area contributed by atoms with Crippen LogP contribution in [-0.4, -0.2) is 66.5 Å². The van der Waals surface area contributed by atoms with Crippen LogP contribution in [0, 0.1) is 0 Å². The second-order valence-corrected chi connectivity index (χ2v) is 6.97. The van der Waals surface area contributed by atoms with Gasteiger partial charge in [0.2, 0.25) is 11.8 Å². The summed E-state index contributed by atoms with van der Waals surface area (Å²) in [6, 6.07) is 9.98. The first-order valence-corrected chi connectivity index (χ1v) is 10.0. The molecule has 0 spiro atoms. The Labute approximate surface area is 167 Å². The number of nitrogens with one attached hydrogen (secondary N) is 1. The van der Waals surface area contributed by atoms with E-state index in [4.69, 9.17) is 4.74 Å². The lowest BCUT2D eigenvalue weighted by Crippen LogP contribution is -2.50. The molecule has 0 aliphatic carbocycles. The smallest absolute Gasteiger partial charge is 0.409 e. The number of amides is 3. The van der Waals surface area contributed by atoms with Crippen molar-refractivity contribution in [1.82, 2.24) is 15.1 Å². The lowest BCUT2D eigenvalue weighted by molar-refractivity contribution is -0.132. The van der Waals surface area contributed by atoms with E-state index in [0.717, 1.165) is 18.4 Å². The van der Waals surface area contributed by atoms with Crippen molar-refractivity contribution < 1.29 is 19.1 Å². The number of likely N-dealkylation sites (tertiary alicyclic amines) is 1. The first kappa shape index (κ1) is 21.7. The third-order valence-corrected chi connectivity index (χ3v) is 4.99. The van der Waals surface area contributed by atoms with Crippen molar-refractivity contribution in [2.24, 2.45) is 0 Å². The van der Waals surface area contributed by atoms with E-state index in [1.165, 1.54) is 0 Å². The Morgan fingerprint density at radius 3 is 2.46 bits per heavy atom. The van der Waals surface area contributed by atoms with Gasteiger partial charge in [-0.15, -0.1) is 0 Å². The molecule has 1 saturated heterocycles. The molecule has 0 radical (unpaired) electrons. The molecule has 0 aromatic heterocycles. The Kier molecular flexibility index (Phi) is 8.78. The number of ether oxygens (including phenoxy) is 1. The summed E-state index contributed by atoms with van der Waals surface area (Å²) in [6.07, 6.45) is 2.29. The van der Waals surface area contributed by atoms with E-state index in [1.54, 1.807) is 23.6 Å². The van der Waals surface area contributed by atoms with Crippen LogP contribution in [0.2, 0.25) is 0 Å². The van der Waals surface area contributed by atoms with Crippen LogP contribution in [-0.2, 0) is 20.7 Å². The maximum Gasteiger partial charge on any atom is 0.409 e. The van der Waals surface area contributed by atoms with Gasteiger partial charge in [-0.1, -0.05) is 30.3 Å². The van der Waals surface area contributed by atoms with Crippen LogP contribution in [0.5, 0.6) is 0 Å². The minimum Gasteiger partial charge on any atom is -0.450 e. The zero-order valence-electron chi connectivity index (χ0n) is 16.9. The highest BCUT2D eigenvalue weighted by Gasteiger charge is 2.28. The molecule has 0 saturated carbocycles. The van der Waals surface area contributed by atoms with Gasteiger partial charge in [0, 0.05) is 45.6 Å². The average Bonchev–Trinajstić information content (AvgIpc) is 2.70. The fourth-order valence-corrected chi connectivity index (χ4v) is 3.48. The number of nitrogens with zero attached hydrogens (tertiary/aromatic N) is 2. The molecule has 7 nitrogen and oxygen atoms in total. The molecular formula is C21H31N3O4. The van der Waals surface area contributed by atoms with Crippen LogP contribution < -0.4 is 5.32 Å². The SMILES string of the molecule is CCOC(=O)N1CCC(N(CCNC(=O)CCc2ccccc2)C(C)=O)CC1. The van der Waals surface area contributed by atoms with Gasteiger partial charge in [-0.05, 0) is 31.7 Å². The molecule has 3 amide bonds. The van der Waals surface area contributed by atoms with Gasteiger partial charge in [-0.3, -0.25) is 9.59 Å². The Hall–Kier alpha value is -2.57. The van der Waals surface area contributed by atoms with Gasteiger partial charge in [-0.2, -0.15) is 0 Å². The number of piperidine rings is 1. The van der Waals surface area contributed by atoms with Gasteiger partial charge < -0.3 is 19.9 Å². The van der Waals surface area contributed by atoms with E-state index in [9.17, 15) is 14.4 Å². The van der Waals surface area contributed by atoms with Crippen LogP contribution in [0.15, 0.2) is 30.3 Å². The van der Waals surface area contributed by atoms with E-state index in [1.807, 2.05) is 30.3 Å². The minimum atomic E-state index is -0.291. The van der Waals surface area contributed by atoms with E-state index >= 15 is 0 Å². The molecule has 7 heteroatoms. The maximum absolute atomic E-state index is 12.1. The average molecular weight is 389 g/mol. The molecule has 2 rings (SSSR count). The third-order valence-electron chi connectivity index (χ3n) is 4.99. The molecular weight excluding hydrogens is 358 g/mol. The number of hydrogen-bond donors (Lipinski definition) is 1. The van der Waals surface area contributed by atoms with Crippen molar-refractivity contribution in [3.8, 4) is 0 Å². The van der Waals surface area contributed by atoms with E-state index in [0.29, 0.717) is 45.6 Å². The van der Waals surface area contributed by atoms with Gasteiger partial charge in [0.1, 0.15) is 0 Å². The van der Waals surface area contributed by atoms with Gasteiger partial charge in [0.25, 0.3) is 0 Å². The molecule has 1 aliphatic rings. The van der Waals surface area contributed by atoms with Gasteiger partial charge in [0.15, 0.2) is 0 Å². The Morgan fingerprint density at radius 2 is 1.86 bits per heavy atom. The predicted molar refractivity (Wildman–Crippen MR) is 107 cm³/mol. The molecule has 1 N–H and O–H groups in total. The van der Waals surface area contributed by atoms with Crippen molar-refractivity contribution in [3.05, 3.63) is 35.9 Å². The lowest BCUT2D eigenvalue weighted by atomic mass is 10.0. The van der Waals surface area contributed by atoms with Crippen LogP contribution in [0.3, 0.4) is 0 Å². The van der Waals surface area contributed by atoms with Crippen LogP contribution in [0.25, 0.3) is 0 Å². The fourth-order valence-electron chi connectivity index (χ4n) is 3.48. The maximum atomic E-state index is 12.1. The molecule has 154 valence electrons. The molecule has 1 aromatic carbocycles. The first-order chi connectivity index (χ1) is 13.5. The molecule has 1 aliphatic heterocycles. The van der Waals surface area contributed by atoms with Crippen molar-refractivity contribution in [2.45, 2.75) is 45.6 Å². The van der Waals surface area contributed by atoms with Crippen molar-refractivity contribution in [3.63, 3.8) is 0 Å². The minimum absolute atomic E-state index is 0.00637. The molecule has 0 unspecified atom stereocenters. The zero-order chi connectivity index (χ0) is 20.4. The first-order valence-electron chi connectivity index (χ1n) is 10.0. The van der Waals surface area contributed by atoms with Crippen LogP contribution in [0.1, 0.15) is 38.7 Å². The van der Waals surface area contributed by atoms with Crippen molar-refractivity contribution in [1.29, 1.82) is 0 Å². The largest absolute Gasteiger partial charge is 0.450 e. The van der Waals surface area contributed by atoms with Crippen molar-refractivity contribution in [2.75, 3.05) is 32.8 Å². The van der Waals surface area contributed by atoms with E-state index in [-0.39, 0.29) is 23.9 Å². The summed E-state index contributed by atoms with van der Waals surface area (Å²) < 4.78 is 5.03. The summed E-state index contributed by atoms with van der Waals surface area (Å²) in [6.45, 7) is 5.78. The normalized spacial score (nSPS) is 14.4. The Morgan fingerprint density at radius 1 is 1.18 bits per heavy atom. The van der Waals surface area contributed by atoms with E-state index in [2.05, 4.69) is 5.32 Å². The van der Waals surface area contributed by atoms with Gasteiger partial charge >= 0.3 is 6.09 Å². The number of carbonyl (C=O) groups is 3. The second-order valence-electron chi connectivity index (χ2n) is 6.97. The predicted octanol–water partition coefficient (Wildman–Crippen LogP) is 2.20.